The standard InChI is InChI=1S/C14H12O4/c1-6-3-2-4-7-10(6)8-5-9(15)13(17)14(18)11(8)12(7)16/h2-5,12,15-18H,1H3. The lowest BCUT2D eigenvalue weighted by molar-refractivity contribution is 0.219. The zero-order valence-electron chi connectivity index (χ0n) is 9.68. The highest BCUT2D eigenvalue weighted by molar-refractivity contribution is 5.85. The zero-order chi connectivity index (χ0) is 13.0. The van der Waals surface area contributed by atoms with Crippen LogP contribution in [0.1, 0.15) is 22.8 Å². The summed E-state index contributed by atoms with van der Waals surface area (Å²) < 4.78 is 0. The first-order valence-corrected chi connectivity index (χ1v) is 5.58. The van der Waals surface area contributed by atoms with E-state index >= 15 is 0 Å². The Morgan fingerprint density at radius 2 is 1.78 bits per heavy atom. The molecule has 4 N–H and O–H groups in total. The molecule has 3 rings (SSSR count). The van der Waals surface area contributed by atoms with Gasteiger partial charge < -0.3 is 20.4 Å². The average molecular weight is 244 g/mol. The quantitative estimate of drug-likeness (QED) is 0.535. The molecule has 1 unspecified atom stereocenters. The minimum Gasteiger partial charge on any atom is -0.504 e. The maximum Gasteiger partial charge on any atom is 0.200 e. The van der Waals surface area contributed by atoms with E-state index in [1.807, 2.05) is 19.1 Å². The summed E-state index contributed by atoms with van der Waals surface area (Å²) in [4.78, 5) is 0. The molecular formula is C14H12O4. The third-order valence-corrected chi connectivity index (χ3v) is 3.44. The van der Waals surface area contributed by atoms with Crippen LogP contribution in [-0.2, 0) is 0 Å². The largest absolute Gasteiger partial charge is 0.504 e. The fourth-order valence-corrected chi connectivity index (χ4v) is 2.58. The lowest BCUT2D eigenvalue weighted by Crippen LogP contribution is -1.94. The molecule has 92 valence electrons. The van der Waals surface area contributed by atoms with E-state index in [1.165, 1.54) is 6.07 Å². The Hall–Kier alpha value is -2.20. The predicted octanol–water partition coefficient (Wildman–Crippen LogP) is 2.17. The molecule has 1 aliphatic carbocycles. The van der Waals surface area contributed by atoms with Crippen molar-refractivity contribution in [3.8, 4) is 28.4 Å². The molecule has 0 saturated carbocycles. The van der Waals surface area contributed by atoms with Gasteiger partial charge in [-0.1, -0.05) is 18.2 Å². The summed E-state index contributed by atoms with van der Waals surface area (Å²) in [5.41, 5.74) is 3.21. The Kier molecular flexibility index (Phi) is 2.06. The van der Waals surface area contributed by atoms with Crippen molar-refractivity contribution in [2.45, 2.75) is 13.0 Å². The number of aliphatic hydroxyl groups is 1. The number of aryl methyl sites for hydroxylation is 1. The summed E-state index contributed by atoms with van der Waals surface area (Å²) in [7, 11) is 0. The summed E-state index contributed by atoms with van der Waals surface area (Å²) in [6, 6.07) is 6.84. The number of aliphatic hydroxyl groups excluding tert-OH is 1. The Bertz CT molecular complexity index is 661. The minimum atomic E-state index is -0.985. The molecule has 0 fully saturated rings. The molecule has 0 spiro atoms. The number of aromatic hydroxyl groups is 3. The molecule has 0 heterocycles. The van der Waals surface area contributed by atoms with Gasteiger partial charge in [0.15, 0.2) is 11.5 Å². The van der Waals surface area contributed by atoms with E-state index in [-0.39, 0.29) is 5.56 Å². The van der Waals surface area contributed by atoms with E-state index in [4.69, 9.17) is 0 Å². The SMILES string of the molecule is Cc1cccc2c1-c1cc(O)c(O)c(O)c1C2O. The maximum absolute atomic E-state index is 10.2. The molecule has 4 nitrogen and oxygen atoms in total. The van der Waals surface area contributed by atoms with E-state index in [0.717, 1.165) is 11.1 Å². The number of hydrogen-bond donors (Lipinski definition) is 4. The highest BCUT2D eigenvalue weighted by Crippen LogP contribution is 2.53. The van der Waals surface area contributed by atoms with E-state index < -0.39 is 23.4 Å². The molecule has 4 heteroatoms. The van der Waals surface area contributed by atoms with Gasteiger partial charge in [0.1, 0.15) is 6.10 Å². The molecule has 0 radical (unpaired) electrons. The van der Waals surface area contributed by atoms with Crippen molar-refractivity contribution in [2.75, 3.05) is 0 Å². The van der Waals surface area contributed by atoms with Crippen LogP contribution in [0.2, 0.25) is 0 Å². The highest BCUT2D eigenvalue weighted by Gasteiger charge is 2.33. The first-order chi connectivity index (χ1) is 8.52. The maximum atomic E-state index is 10.2. The van der Waals surface area contributed by atoms with Crippen LogP contribution >= 0.6 is 0 Å². The molecule has 1 aliphatic rings. The molecule has 0 bridgehead atoms. The smallest absolute Gasteiger partial charge is 0.200 e. The van der Waals surface area contributed by atoms with Crippen molar-refractivity contribution < 1.29 is 20.4 Å². The van der Waals surface area contributed by atoms with E-state index in [2.05, 4.69) is 0 Å². The summed E-state index contributed by atoms with van der Waals surface area (Å²) in [6.45, 7) is 1.89. The monoisotopic (exact) mass is 244 g/mol. The summed E-state index contributed by atoms with van der Waals surface area (Å²) in [5, 5.41) is 39.2. The number of fused-ring (bicyclic) bond motifs is 3. The van der Waals surface area contributed by atoms with Gasteiger partial charge in [-0.15, -0.1) is 0 Å². The summed E-state index contributed by atoms with van der Waals surface area (Å²) in [5.74, 6) is -1.46. The number of rotatable bonds is 0. The van der Waals surface area contributed by atoms with Crippen molar-refractivity contribution in [3.05, 3.63) is 41.0 Å². The second-order valence-electron chi connectivity index (χ2n) is 4.50. The number of hydrogen-bond acceptors (Lipinski definition) is 4. The number of benzene rings is 2. The fourth-order valence-electron chi connectivity index (χ4n) is 2.58. The topological polar surface area (TPSA) is 80.9 Å². The number of phenols is 3. The average Bonchev–Trinajstić information content (AvgIpc) is 2.62. The van der Waals surface area contributed by atoms with Crippen LogP contribution in [0.15, 0.2) is 24.3 Å². The second kappa shape index (κ2) is 3.40. The zero-order valence-corrected chi connectivity index (χ0v) is 9.68. The van der Waals surface area contributed by atoms with Gasteiger partial charge in [-0.2, -0.15) is 0 Å². The molecule has 0 aromatic heterocycles. The van der Waals surface area contributed by atoms with Crippen LogP contribution in [-0.4, -0.2) is 20.4 Å². The summed E-state index contributed by atoms with van der Waals surface area (Å²) in [6.07, 6.45) is -0.985. The molecular weight excluding hydrogens is 232 g/mol. The van der Waals surface area contributed by atoms with Gasteiger partial charge in [0.05, 0.1) is 0 Å². The third kappa shape index (κ3) is 1.18. The molecule has 0 amide bonds. The lowest BCUT2D eigenvalue weighted by atomic mass is 10.00. The molecule has 1 atom stereocenters. The molecule has 18 heavy (non-hydrogen) atoms. The van der Waals surface area contributed by atoms with Crippen LogP contribution in [0.25, 0.3) is 11.1 Å². The highest BCUT2D eigenvalue weighted by atomic mass is 16.3. The van der Waals surface area contributed by atoms with E-state index in [1.54, 1.807) is 6.07 Å². The van der Waals surface area contributed by atoms with Crippen LogP contribution in [0.4, 0.5) is 0 Å². The van der Waals surface area contributed by atoms with Gasteiger partial charge in [-0.3, -0.25) is 0 Å². The van der Waals surface area contributed by atoms with Crippen molar-refractivity contribution in [1.82, 2.24) is 0 Å². The van der Waals surface area contributed by atoms with Crippen molar-refractivity contribution >= 4 is 0 Å². The van der Waals surface area contributed by atoms with E-state index in [0.29, 0.717) is 11.1 Å². The first-order valence-electron chi connectivity index (χ1n) is 5.58. The lowest BCUT2D eigenvalue weighted by Gasteiger charge is -2.10. The molecule has 0 saturated heterocycles. The van der Waals surface area contributed by atoms with Gasteiger partial charge in [0.25, 0.3) is 0 Å². The van der Waals surface area contributed by atoms with Gasteiger partial charge in [-0.05, 0) is 35.2 Å². The van der Waals surface area contributed by atoms with Crippen LogP contribution in [0, 0.1) is 6.92 Å². The van der Waals surface area contributed by atoms with Crippen LogP contribution in [0.5, 0.6) is 17.2 Å². The second-order valence-corrected chi connectivity index (χ2v) is 4.50. The van der Waals surface area contributed by atoms with Crippen molar-refractivity contribution in [1.29, 1.82) is 0 Å². The Labute approximate surface area is 103 Å². The fraction of sp³-hybridized carbons (Fsp3) is 0.143. The molecule has 2 aromatic rings. The van der Waals surface area contributed by atoms with Gasteiger partial charge >= 0.3 is 0 Å². The first kappa shape index (κ1) is 10.9. The Morgan fingerprint density at radius 1 is 1.06 bits per heavy atom. The third-order valence-electron chi connectivity index (χ3n) is 3.44. The minimum absolute atomic E-state index is 0.245. The number of phenolic OH excluding ortho intramolecular Hbond substituents is 3. The van der Waals surface area contributed by atoms with Crippen LogP contribution in [0.3, 0.4) is 0 Å². The van der Waals surface area contributed by atoms with Gasteiger partial charge in [0.2, 0.25) is 5.75 Å². The van der Waals surface area contributed by atoms with E-state index in [9.17, 15) is 20.4 Å². The van der Waals surface area contributed by atoms with Crippen molar-refractivity contribution in [2.24, 2.45) is 0 Å². The molecule has 2 aromatic carbocycles. The normalized spacial score (nSPS) is 16.4. The van der Waals surface area contributed by atoms with Crippen molar-refractivity contribution in [3.63, 3.8) is 0 Å². The molecule has 0 aliphatic heterocycles. The Balaban J connectivity index is 2.43. The summed E-state index contributed by atoms with van der Waals surface area (Å²) >= 11 is 0. The van der Waals surface area contributed by atoms with Crippen LogP contribution < -0.4 is 0 Å². The Morgan fingerprint density at radius 3 is 2.50 bits per heavy atom. The predicted molar refractivity (Wildman–Crippen MR) is 65.7 cm³/mol. The van der Waals surface area contributed by atoms with Gasteiger partial charge in [-0.25, -0.2) is 0 Å². The van der Waals surface area contributed by atoms with Gasteiger partial charge in [0, 0.05) is 5.56 Å².